The largest absolute Gasteiger partial charge is 0.474 e. The molecule has 1 atom stereocenters. The maximum atomic E-state index is 6.03. The summed E-state index contributed by atoms with van der Waals surface area (Å²) in [6, 6.07) is 4.67. The van der Waals surface area contributed by atoms with Crippen LogP contribution in [0.3, 0.4) is 0 Å². The van der Waals surface area contributed by atoms with Crippen molar-refractivity contribution in [1.82, 2.24) is 20.1 Å². The molecule has 0 bridgehead atoms. The molecule has 0 aromatic carbocycles. The Labute approximate surface area is 167 Å². The Morgan fingerprint density at radius 2 is 2.11 bits per heavy atom. The summed E-state index contributed by atoms with van der Waals surface area (Å²) in [6.07, 6.45) is 9.61. The van der Waals surface area contributed by atoms with Crippen LogP contribution in [-0.4, -0.2) is 79.3 Å². The monoisotopic (exact) mass is 385 g/mol. The molecule has 3 aliphatic heterocycles. The zero-order chi connectivity index (χ0) is 19.2. The number of nitrogens with zero attached hydrogens (tertiary/aromatic N) is 4. The van der Waals surface area contributed by atoms with Gasteiger partial charge in [0.25, 0.3) is 0 Å². The smallest absolute Gasteiger partial charge is 0.213 e. The Kier molecular flexibility index (Phi) is 6.44. The fourth-order valence-corrected chi connectivity index (χ4v) is 4.13. The quantitative estimate of drug-likeness (QED) is 0.473. The number of ether oxygens (including phenoxy) is 2. The van der Waals surface area contributed by atoms with E-state index in [0.29, 0.717) is 18.5 Å². The zero-order valence-corrected chi connectivity index (χ0v) is 16.7. The van der Waals surface area contributed by atoms with Crippen LogP contribution in [0.25, 0.3) is 0 Å². The molecule has 152 valence electrons. The van der Waals surface area contributed by atoms with Gasteiger partial charge in [-0.15, -0.1) is 0 Å². The molecule has 0 radical (unpaired) electrons. The van der Waals surface area contributed by atoms with Crippen molar-refractivity contribution in [2.45, 2.75) is 38.0 Å². The van der Waals surface area contributed by atoms with Crippen molar-refractivity contribution in [3.05, 3.63) is 36.0 Å². The number of hydrogen-bond acceptors (Lipinski definition) is 5. The van der Waals surface area contributed by atoms with Crippen molar-refractivity contribution >= 4 is 5.96 Å². The molecule has 1 unspecified atom stereocenters. The van der Waals surface area contributed by atoms with E-state index in [2.05, 4.69) is 37.2 Å². The van der Waals surface area contributed by atoms with Crippen LogP contribution in [0.2, 0.25) is 0 Å². The topological polar surface area (TPSA) is 62.2 Å². The van der Waals surface area contributed by atoms with E-state index in [0.717, 1.165) is 63.8 Å². The first-order chi connectivity index (χ1) is 13.8. The van der Waals surface area contributed by atoms with Gasteiger partial charge in [-0.05, 0) is 18.1 Å². The molecule has 1 aromatic rings. The molecular formula is C21H31N5O2. The first-order valence-corrected chi connectivity index (χ1v) is 10.4. The molecule has 3 aliphatic rings. The molecule has 0 saturated carbocycles. The number of aromatic nitrogens is 1. The van der Waals surface area contributed by atoms with Crippen LogP contribution in [-0.2, 0) is 11.3 Å². The second-order valence-corrected chi connectivity index (χ2v) is 7.65. The van der Waals surface area contributed by atoms with Crippen LogP contribution in [0, 0.1) is 0 Å². The predicted octanol–water partition coefficient (Wildman–Crippen LogP) is 1.66. The van der Waals surface area contributed by atoms with Gasteiger partial charge in [-0.1, -0.05) is 12.2 Å². The number of rotatable bonds is 5. The molecule has 7 nitrogen and oxygen atoms in total. The Morgan fingerprint density at radius 1 is 1.29 bits per heavy atom. The molecule has 2 fully saturated rings. The standard InChI is InChI=1S/C21H31N5O2/c1-22-21(26-11-5-18(16-26)25-9-2-3-10-25)24-15-17-4-8-23-20(14-17)28-19-6-12-27-13-7-19/h2-4,8,14,18-19H,5-7,9-13,15-16H2,1H3,(H,22,24). The van der Waals surface area contributed by atoms with Crippen LogP contribution in [0.15, 0.2) is 35.5 Å². The third-order valence-corrected chi connectivity index (χ3v) is 5.74. The Hall–Kier alpha value is -2.12. The summed E-state index contributed by atoms with van der Waals surface area (Å²) in [5.74, 6) is 1.67. The van der Waals surface area contributed by atoms with E-state index < -0.39 is 0 Å². The first kappa shape index (κ1) is 19.2. The second kappa shape index (κ2) is 9.39. The summed E-state index contributed by atoms with van der Waals surface area (Å²) < 4.78 is 11.4. The Balaban J connectivity index is 1.28. The minimum Gasteiger partial charge on any atom is -0.474 e. The van der Waals surface area contributed by atoms with Crippen molar-refractivity contribution in [3.63, 3.8) is 0 Å². The van der Waals surface area contributed by atoms with Gasteiger partial charge in [0.1, 0.15) is 6.10 Å². The Morgan fingerprint density at radius 3 is 2.89 bits per heavy atom. The van der Waals surface area contributed by atoms with Gasteiger partial charge in [-0.25, -0.2) is 4.98 Å². The molecule has 0 amide bonds. The molecule has 7 heteroatoms. The van der Waals surface area contributed by atoms with E-state index in [-0.39, 0.29) is 6.10 Å². The minimum absolute atomic E-state index is 0.207. The number of likely N-dealkylation sites (tertiary alicyclic amines) is 1. The normalized spacial score (nSPS) is 24.1. The SMILES string of the molecule is CN=C(NCc1ccnc(OC2CCOCC2)c1)N1CCC(N2CC=CC2)C1. The minimum atomic E-state index is 0.207. The molecule has 28 heavy (non-hydrogen) atoms. The Bertz CT molecular complexity index is 694. The summed E-state index contributed by atoms with van der Waals surface area (Å²) in [5, 5.41) is 3.51. The van der Waals surface area contributed by atoms with E-state index >= 15 is 0 Å². The van der Waals surface area contributed by atoms with Gasteiger partial charge in [-0.2, -0.15) is 0 Å². The van der Waals surface area contributed by atoms with Crippen molar-refractivity contribution < 1.29 is 9.47 Å². The lowest BCUT2D eigenvalue weighted by atomic mass is 10.1. The average Bonchev–Trinajstić information content (AvgIpc) is 3.42. The van der Waals surface area contributed by atoms with Gasteiger partial charge in [0.15, 0.2) is 5.96 Å². The van der Waals surface area contributed by atoms with Gasteiger partial charge in [-0.3, -0.25) is 9.89 Å². The summed E-state index contributed by atoms with van der Waals surface area (Å²) >= 11 is 0. The van der Waals surface area contributed by atoms with E-state index in [4.69, 9.17) is 9.47 Å². The fourth-order valence-electron chi connectivity index (χ4n) is 4.13. The van der Waals surface area contributed by atoms with Crippen LogP contribution in [0.5, 0.6) is 5.88 Å². The maximum absolute atomic E-state index is 6.03. The molecular weight excluding hydrogens is 354 g/mol. The van der Waals surface area contributed by atoms with Crippen LogP contribution in [0.1, 0.15) is 24.8 Å². The highest BCUT2D eigenvalue weighted by atomic mass is 16.5. The maximum Gasteiger partial charge on any atom is 0.213 e. The summed E-state index contributed by atoms with van der Waals surface area (Å²) in [6.45, 7) is 6.50. The van der Waals surface area contributed by atoms with Gasteiger partial charge in [0, 0.05) is 70.9 Å². The molecule has 1 aromatic heterocycles. The lowest BCUT2D eigenvalue weighted by Gasteiger charge is -2.25. The summed E-state index contributed by atoms with van der Waals surface area (Å²) in [4.78, 5) is 13.8. The summed E-state index contributed by atoms with van der Waals surface area (Å²) in [5.41, 5.74) is 1.15. The molecule has 0 spiro atoms. The second-order valence-electron chi connectivity index (χ2n) is 7.65. The number of guanidine groups is 1. The van der Waals surface area contributed by atoms with Crippen LogP contribution >= 0.6 is 0 Å². The van der Waals surface area contributed by atoms with Crippen molar-refractivity contribution in [2.24, 2.45) is 4.99 Å². The summed E-state index contributed by atoms with van der Waals surface area (Å²) in [7, 11) is 1.86. The predicted molar refractivity (Wildman–Crippen MR) is 110 cm³/mol. The third kappa shape index (κ3) is 4.83. The van der Waals surface area contributed by atoms with Crippen molar-refractivity contribution in [2.75, 3.05) is 46.4 Å². The lowest BCUT2D eigenvalue weighted by molar-refractivity contribution is 0.0237. The van der Waals surface area contributed by atoms with Crippen LogP contribution < -0.4 is 10.1 Å². The van der Waals surface area contributed by atoms with E-state index in [1.54, 1.807) is 0 Å². The fraction of sp³-hybridized carbons (Fsp3) is 0.619. The third-order valence-electron chi connectivity index (χ3n) is 5.74. The van der Waals surface area contributed by atoms with E-state index in [1.807, 2.05) is 25.4 Å². The van der Waals surface area contributed by atoms with Gasteiger partial charge < -0.3 is 19.7 Å². The molecule has 4 rings (SSSR count). The van der Waals surface area contributed by atoms with Gasteiger partial charge in [0.2, 0.25) is 5.88 Å². The van der Waals surface area contributed by atoms with E-state index in [1.165, 1.54) is 6.42 Å². The number of nitrogens with one attached hydrogen (secondary N) is 1. The number of hydrogen-bond donors (Lipinski definition) is 1. The van der Waals surface area contributed by atoms with Crippen LogP contribution in [0.4, 0.5) is 0 Å². The van der Waals surface area contributed by atoms with Gasteiger partial charge >= 0.3 is 0 Å². The highest BCUT2D eigenvalue weighted by molar-refractivity contribution is 5.80. The molecule has 0 aliphatic carbocycles. The van der Waals surface area contributed by atoms with Crippen molar-refractivity contribution in [3.8, 4) is 5.88 Å². The lowest BCUT2D eigenvalue weighted by Crippen LogP contribution is -2.42. The van der Waals surface area contributed by atoms with E-state index in [9.17, 15) is 0 Å². The zero-order valence-electron chi connectivity index (χ0n) is 16.7. The highest BCUT2D eigenvalue weighted by Gasteiger charge is 2.29. The number of aliphatic imine (C=N–C) groups is 1. The highest BCUT2D eigenvalue weighted by Crippen LogP contribution is 2.19. The molecule has 2 saturated heterocycles. The molecule has 4 heterocycles. The number of pyridine rings is 1. The molecule has 1 N–H and O–H groups in total. The van der Waals surface area contributed by atoms with Crippen molar-refractivity contribution in [1.29, 1.82) is 0 Å². The first-order valence-electron chi connectivity index (χ1n) is 10.4. The average molecular weight is 386 g/mol. The van der Waals surface area contributed by atoms with Gasteiger partial charge in [0.05, 0.1) is 13.2 Å².